The van der Waals surface area contributed by atoms with Crippen molar-refractivity contribution in [2.45, 2.75) is 43.4 Å². The van der Waals surface area contributed by atoms with E-state index in [-0.39, 0.29) is 11.4 Å². The molecule has 3 fully saturated rings. The van der Waals surface area contributed by atoms with Crippen molar-refractivity contribution in [3.8, 4) is 0 Å². The minimum atomic E-state index is 0.0126. The van der Waals surface area contributed by atoms with Crippen LogP contribution in [0.25, 0.3) is 0 Å². The maximum Gasteiger partial charge on any atom is 0.222 e. The number of nitrogens with zero attached hydrogens (tertiary/aromatic N) is 2. The lowest BCUT2D eigenvalue weighted by Crippen LogP contribution is -2.43. The minimum Gasteiger partial charge on any atom is -0.394 e. The molecule has 2 aromatic rings. The fourth-order valence-corrected chi connectivity index (χ4v) is 5.39. The predicted molar refractivity (Wildman–Crippen MR) is 90.6 cm³/mol. The number of anilines is 3. The first-order valence-corrected chi connectivity index (χ1v) is 8.69. The van der Waals surface area contributed by atoms with Gasteiger partial charge in [0.2, 0.25) is 5.95 Å². The summed E-state index contributed by atoms with van der Waals surface area (Å²) in [7, 11) is 0. The van der Waals surface area contributed by atoms with Gasteiger partial charge in [-0.2, -0.15) is 4.98 Å². The highest BCUT2D eigenvalue weighted by molar-refractivity contribution is 7.10. The van der Waals surface area contributed by atoms with Gasteiger partial charge in [0.1, 0.15) is 0 Å². The average molecular weight is 315 g/mol. The Bertz CT molecular complexity index is 689. The summed E-state index contributed by atoms with van der Waals surface area (Å²) in [5, 5.41) is 2.17. The SMILES string of the molecule is Nc1nc(N)c(N)c(C23CCC(CC2)C(c2cccs2)C3)n1. The van der Waals surface area contributed by atoms with Crippen LogP contribution in [0.15, 0.2) is 17.5 Å². The summed E-state index contributed by atoms with van der Waals surface area (Å²) in [6, 6.07) is 4.40. The van der Waals surface area contributed by atoms with Gasteiger partial charge in [-0.25, -0.2) is 4.98 Å². The van der Waals surface area contributed by atoms with Crippen molar-refractivity contribution >= 4 is 28.8 Å². The summed E-state index contributed by atoms with van der Waals surface area (Å²) in [6.45, 7) is 0. The Hall–Kier alpha value is -1.82. The van der Waals surface area contributed by atoms with Gasteiger partial charge in [0, 0.05) is 10.3 Å². The molecule has 5 nitrogen and oxygen atoms in total. The average Bonchev–Trinajstić information content (AvgIpc) is 3.06. The molecule has 0 radical (unpaired) electrons. The van der Waals surface area contributed by atoms with Crippen molar-refractivity contribution in [1.29, 1.82) is 0 Å². The Morgan fingerprint density at radius 3 is 2.59 bits per heavy atom. The Morgan fingerprint density at radius 1 is 1.14 bits per heavy atom. The fraction of sp³-hybridized carbons (Fsp3) is 0.500. The molecular weight excluding hydrogens is 294 g/mol. The first kappa shape index (κ1) is 13.8. The molecule has 3 aliphatic rings. The zero-order valence-corrected chi connectivity index (χ0v) is 13.3. The number of nitrogen functional groups attached to an aromatic ring is 3. The lowest BCUT2D eigenvalue weighted by atomic mass is 9.54. The van der Waals surface area contributed by atoms with Crippen molar-refractivity contribution in [3.05, 3.63) is 28.1 Å². The van der Waals surface area contributed by atoms with E-state index < -0.39 is 0 Å². The highest BCUT2D eigenvalue weighted by Gasteiger charge is 2.49. The zero-order chi connectivity index (χ0) is 15.3. The Morgan fingerprint density at radius 2 is 1.91 bits per heavy atom. The summed E-state index contributed by atoms with van der Waals surface area (Å²) >= 11 is 1.86. The van der Waals surface area contributed by atoms with Crippen LogP contribution in [0.5, 0.6) is 0 Å². The monoisotopic (exact) mass is 315 g/mol. The van der Waals surface area contributed by atoms with Gasteiger partial charge >= 0.3 is 0 Å². The third-order valence-electron chi connectivity index (χ3n) is 5.57. The van der Waals surface area contributed by atoms with Crippen LogP contribution in [0.3, 0.4) is 0 Å². The van der Waals surface area contributed by atoms with E-state index in [1.54, 1.807) is 0 Å². The molecular formula is C16H21N5S. The predicted octanol–water partition coefficient (Wildman–Crippen LogP) is 2.90. The van der Waals surface area contributed by atoms with Gasteiger partial charge in [-0.1, -0.05) is 6.07 Å². The fourth-order valence-electron chi connectivity index (χ4n) is 4.46. The topological polar surface area (TPSA) is 104 Å². The molecule has 2 heterocycles. The molecule has 0 saturated heterocycles. The third-order valence-corrected chi connectivity index (χ3v) is 6.57. The molecule has 2 bridgehead atoms. The van der Waals surface area contributed by atoms with E-state index in [1.165, 1.54) is 17.7 Å². The first-order valence-electron chi connectivity index (χ1n) is 7.81. The second-order valence-electron chi connectivity index (χ2n) is 6.67. The normalized spacial score (nSPS) is 30.5. The first-order chi connectivity index (χ1) is 10.6. The van der Waals surface area contributed by atoms with Gasteiger partial charge < -0.3 is 17.2 Å². The van der Waals surface area contributed by atoms with E-state index in [0.717, 1.165) is 30.9 Å². The zero-order valence-electron chi connectivity index (χ0n) is 12.5. The van der Waals surface area contributed by atoms with E-state index in [0.29, 0.717) is 17.4 Å². The van der Waals surface area contributed by atoms with E-state index in [2.05, 4.69) is 27.5 Å². The van der Waals surface area contributed by atoms with Crippen molar-refractivity contribution in [1.82, 2.24) is 9.97 Å². The molecule has 0 aliphatic heterocycles. The van der Waals surface area contributed by atoms with Crippen LogP contribution < -0.4 is 17.2 Å². The molecule has 3 saturated carbocycles. The number of rotatable bonds is 2. The Kier molecular flexibility index (Phi) is 3.04. The molecule has 6 heteroatoms. The molecule has 1 atom stereocenters. The van der Waals surface area contributed by atoms with Crippen LogP contribution in [0.4, 0.5) is 17.5 Å². The van der Waals surface area contributed by atoms with Gasteiger partial charge in [0.25, 0.3) is 0 Å². The molecule has 3 aliphatic carbocycles. The van der Waals surface area contributed by atoms with Crippen LogP contribution in [-0.4, -0.2) is 9.97 Å². The molecule has 116 valence electrons. The van der Waals surface area contributed by atoms with Crippen LogP contribution in [0.2, 0.25) is 0 Å². The summed E-state index contributed by atoms with van der Waals surface area (Å²) in [4.78, 5) is 9.99. The maximum atomic E-state index is 6.22. The van der Waals surface area contributed by atoms with Crippen LogP contribution in [0.1, 0.15) is 48.6 Å². The molecule has 2 aromatic heterocycles. The van der Waals surface area contributed by atoms with Crippen molar-refractivity contribution in [3.63, 3.8) is 0 Å². The maximum absolute atomic E-state index is 6.22. The number of thiophene rings is 1. The lowest BCUT2D eigenvalue weighted by molar-refractivity contribution is 0.107. The second-order valence-corrected chi connectivity index (χ2v) is 7.65. The second kappa shape index (κ2) is 4.84. The lowest BCUT2D eigenvalue weighted by Gasteiger charge is -2.50. The summed E-state index contributed by atoms with van der Waals surface area (Å²) in [5.41, 5.74) is 19.4. The van der Waals surface area contributed by atoms with Crippen molar-refractivity contribution in [2.75, 3.05) is 17.2 Å². The minimum absolute atomic E-state index is 0.0126. The molecule has 0 spiro atoms. The largest absolute Gasteiger partial charge is 0.394 e. The summed E-state index contributed by atoms with van der Waals surface area (Å²) in [6.07, 6.45) is 5.80. The number of aromatic nitrogens is 2. The Balaban J connectivity index is 1.77. The van der Waals surface area contributed by atoms with Gasteiger partial charge in [0.05, 0.1) is 11.4 Å². The van der Waals surface area contributed by atoms with Gasteiger partial charge in [0.15, 0.2) is 5.82 Å². The molecule has 5 rings (SSSR count). The van der Waals surface area contributed by atoms with E-state index in [4.69, 9.17) is 17.2 Å². The van der Waals surface area contributed by atoms with Crippen LogP contribution in [0, 0.1) is 5.92 Å². The van der Waals surface area contributed by atoms with Crippen molar-refractivity contribution < 1.29 is 0 Å². The van der Waals surface area contributed by atoms with E-state index >= 15 is 0 Å². The van der Waals surface area contributed by atoms with Gasteiger partial charge in [-0.3, -0.25) is 0 Å². The van der Waals surface area contributed by atoms with E-state index in [9.17, 15) is 0 Å². The standard InChI is InChI=1S/C16H21N5S/c17-12-13(20-15(19)21-14(12)18)16-5-3-9(4-6-16)10(8-16)11-2-1-7-22-11/h1-2,7,9-10H,3-6,8,17H2,(H4,18,19,20,21). The van der Waals surface area contributed by atoms with Crippen LogP contribution >= 0.6 is 11.3 Å². The number of hydrogen-bond acceptors (Lipinski definition) is 6. The van der Waals surface area contributed by atoms with Gasteiger partial charge in [-0.15, -0.1) is 11.3 Å². The summed E-state index contributed by atoms with van der Waals surface area (Å²) in [5.74, 6) is 1.95. The number of fused-ring (bicyclic) bond motifs is 3. The molecule has 22 heavy (non-hydrogen) atoms. The summed E-state index contributed by atoms with van der Waals surface area (Å²) < 4.78 is 0. The molecule has 0 aromatic carbocycles. The van der Waals surface area contributed by atoms with Crippen molar-refractivity contribution in [2.24, 2.45) is 5.92 Å². The highest BCUT2D eigenvalue weighted by atomic mass is 32.1. The van der Waals surface area contributed by atoms with Gasteiger partial charge in [-0.05, 0) is 55.4 Å². The molecule has 0 amide bonds. The van der Waals surface area contributed by atoms with Crippen LogP contribution in [-0.2, 0) is 5.41 Å². The Labute approximate surface area is 133 Å². The van der Waals surface area contributed by atoms with E-state index in [1.807, 2.05) is 11.3 Å². The third kappa shape index (κ3) is 1.97. The smallest absolute Gasteiger partial charge is 0.222 e. The molecule has 6 N–H and O–H groups in total. The number of nitrogens with two attached hydrogens (primary N) is 3. The molecule has 1 unspecified atom stereocenters. The highest BCUT2D eigenvalue weighted by Crippen LogP contribution is 2.58. The number of hydrogen-bond donors (Lipinski definition) is 3. The quantitative estimate of drug-likeness (QED) is 0.790.